The summed E-state index contributed by atoms with van der Waals surface area (Å²) in [5.41, 5.74) is 10.3. The molecule has 0 radical (unpaired) electrons. The summed E-state index contributed by atoms with van der Waals surface area (Å²) in [4.78, 5) is 12.2. The number of benzene rings is 3. The first-order valence-electron chi connectivity index (χ1n) is 8.80. The number of ether oxygens (including phenoxy) is 2. The van der Waals surface area contributed by atoms with E-state index < -0.39 is 5.91 Å². The molecule has 6 nitrogen and oxygen atoms in total. The quantitative estimate of drug-likeness (QED) is 0.364. The number of hydrogen-bond acceptors (Lipinski definition) is 5. The van der Waals surface area contributed by atoms with Gasteiger partial charge in [0.25, 0.3) is 5.91 Å². The van der Waals surface area contributed by atoms with Gasteiger partial charge in [-0.1, -0.05) is 30.3 Å². The minimum Gasteiger partial charge on any atom is -0.493 e. The van der Waals surface area contributed by atoms with E-state index in [0.29, 0.717) is 28.3 Å². The van der Waals surface area contributed by atoms with Crippen molar-refractivity contribution in [2.75, 3.05) is 12.8 Å². The predicted molar refractivity (Wildman–Crippen MR) is 110 cm³/mol. The fourth-order valence-electron chi connectivity index (χ4n) is 2.61. The first-order chi connectivity index (χ1) is 14.1. The van der Waals surface area contributed by atoms with Gasteiger partial charge in [-0.25, -0.2) is 9.82 Å². The molecule has 7 heteroatoms. The minimum atomic E-state index is -0.420. The molecule has 3 N–H and O–H groups in total. The van der Waals surface area contributed by atoms with E-state index in [1.165, 1.54) is 25.5 Å². The van der Waals surface area contributed by atoms with Gasteiger partial charge in [-0.05, 0) is 42.0 Å². The molecule has 0 aromatic heterocycles. The molecule has 0 aliphatic carbocycles. The number of halogens is 1. The highest BCUT2D eigenvalue weighted by atomic mass is 19.1. The van der Waals surface area contributed by atoms with E-state index in [1.807, 2.05) is 0 Å². The van der Waals surface area contributed by atoms with Crippen molar-refractivity contribution < 1.29 is 18.7 Å². The molecule has 0 saturated heterocycles. The zero-order valence-electron chi connectivity index (χ0n) is 15.8. The fraction of sp³-hybridized carbons (Fsp3) is 0.0909. The average molecular weight is 393 g/mol. The van der Waals surface area contributed by atoms with Crippen LogP contribution in [0.3, 0.4) is 0 Å². The molecular weight excluding hydrogens is 373 g/mol. The van der Waals surface area contributed by atoms with Crippen LogP contribution in [0.1, 0.15) is 21.5 Å². The van der Waals surface area contributed by atoms with Crippen molar-refractivity contribution in [1.82, 2.24) is 5.43 Å². The third kappa shape index (κ3) is 5.10. The number of nitrogens with zero attached hydrogens (tertiary/aromatic N) is 1. The number of carbonyl (C=O) groups is 1. The van der Waals surface area contributed by atoms with Crippen LogP contribution in [-0.4, -0.2) is 19.2 Å². The van der Waals surface area contributed by atoms with Gasteiger partial charge in [0.1, 0.15) is 12.4 Å². The number of nitrogens with one attached hydrogen (secondary N) is 1. The Labute approximate surface area is 167 Å². The maximum absolute atomic E-state index is 13.1. The van der Waals surface area contributed by atoms with Crippen molar-refractivity contribution in [3.05, 3.63) is 89.2 Å². The zero-order valence-corrected chi connectivity index (χ0v) is 15.8. The van der Waals surface area contributed by atoms with Crippen molar-refractivity contribution in [2.24, 2.45) is 5.10 Å². The van der Waals surface area contributed by atoms with Crippen molar-refractivity contribution in [1.29, 1.82) is 0 Å². The predicted octanol–water partition coefficient (Wildman–Crippen LogP) is 3.76. The van der Waals surface area contributed by atoms with E-state index in [4.69, 9.17) is 15.2 Å². The van der Waals surface area contributed by atoms with Crippen LogP contribution in [0.2, 0.25) is 0 Å². The molecule has 0 aliphatic rings. The SMILES string of the molecule is COc1cccc(/C=N/NC(=O)c2ccccc2N)c1OCc1ccc(F)cc1. The summed E-state index contributed by atoms with van der Waals surface area (Å²) >= 11 is 0. The highest BCUT2D eigenvalue weighted by Gasteiger charge is 2.11. The second kappa shape index (κ2) is 9.36. The van der Waals surface area contributed by atoms with Crippen LogP contribution in [0.5, 0.6) is 11.5 Å². The monoisotopic (exact) mass is 393 g/mol. The van der Waals surface area contributed by atoms with Crippen molar-refractivity contribution in [3.8, 4) is 11.5 Å². The van der Waals surface area contributed by atoms with Crippen LogP contribution in [0.15, 0.2) is 71.8 Å². The van der Waals surface area contributed by atoms with Crippen LogP contribution >= 0.6 is 0 Å². The number of amides is 1. The van der Waals surface area contributed by atoms with E-state index in [1.54, 1.807) is 54.6 Å². The Kier molecular flexibility index (Phi) is 6.42. The van der Waals surface area contributed by atoms with Gasteiger partial charge in [0.2, 0.25) is 0 Å². The largest absolute Gasteiger partial charge is 0.493 e. The minimum absolute atomic E-state index is 0.217. The summed E-state index contributed by atoms with van der Waals surface area (Å²) in [6.07, 6.45) is 1.46. The summed E-state index contributed by atoms with van der Waals surface area (Å²) in [6.45, 7) is 0.217. The number of hydrogen-bond donors (Lipinski definition) is 2. The van der Waals surface area contributed by atoms with Crippen LogP contribution < -0.4 is 20.6 Å². The molecule has 29 heavy (non-hydrogen) atoms. The van der Waals surface area contributed by atoms with Gasteiger partial charge in [0.05, 0.1) is 18.9 Å². The van der Waals surface area contributed by atoms with Crippen LogP contribution in [0.25, 0.3) is 0 Å². The Bertz CT molecular complexity index is 1020. The molecule has 148 valence electrons. The molecule has 0 unspecified atom stereocenters. The summed E-state index contributed by atoms with van der Waals surface area (Å²) in [5, 5.41) is 4.00. The number of carbonyl (C=O) groups excluding carboxylic acids is 1. The third-order valence-corrected chi connectivity index (χ3v) is 4.10. The average Bonchev–Trinajstić information content (AvgIpc) is 2.74. The molecular formula is C22H20FN3O3. The first kappa shape index (κ1) is 19.9. The number of rotatable bonds is 7. The van der Waals surface area contributed by atoms with Gasteiger partial charge in [-0.2, -0.15) is 5.10 Å². The third-order valence-electron chi connectivity index (χ3n) is 4.10. The molecule has 1 amide bonds. The summed E-state index contributed by atoms with van der Waals surface area (Å²) in [6, 6.07) is 18.0. The lowest BCUT2D eigenvalue weighted by atomic mass is 10.2. The van der Waals surface area contributed by atoms with Crippen LogP contribution in [-0.2, 0) is 6.61 Å². The van der Waals surface area contributed by atoms with E-state index in [0.717, 1.165) is 5.56 Å². The molecule has 0 bridgehead atoms. The molecule has 0 fully saturated rings. The van der Waals surface area contributed by atoms with Gasteiger partial charge in [-0.3, -0.25) is 4.79 Å². The number of nitrogen functional groups attached to an aromatic ring is 1. The second-order valence-electron chi connectivity index (χ2n) is 6.08. The zero-order chi connectivity index (χ0) is 20.6. The van der Waals surface area contributed by atoms with Crippen LogP contribution in [0.4, 0.5) is 10.1 Å². The molecule has 3 aromatic rings. The van der Waals surface area contributed by atoms with Crippen molar-refractivity contribution >= 4 is 17.8 Å². The van der Waals surface area contributed by atoms with Crippen molar-refractivity contribution in [2.45, 2.75) is 6.61 Å². The highest BCUT2D eigenvalue weighted by Crippen LogP contribution is 2.30. The van der Waals surface area contributed by atoms with Crippen LogP contribution in [0, 0.1) is 5.82 Å². The van der Waals surface area contributed by atoms with E-state index >= 15 is 0 Å². The lowest BCUT2D eigenvalue weighted by Crippen LogP contribution is -2.19. The molecule has 0 saturated carbocycles. The maximum atomic E-state index is 13.1. The number of nitrogens with two attached hydrogens (primary N) is 1. The van der Waals surface area contributed by atoms with Gasteiger partial charge < -0.3 is 15.2 Å². The topological polar surface area (TPSA) is 85.9 Å². The summed E-state index contributed by atoms with van der Waals surface area (Å²) in [7, 11) is 1.53. The Morgan fingerprint density at radius 1 is 1.10 bits per heavy atom. The summed E-state index contributed by atoms with van der Waals surface area (Å²) < 4.78 is 24.3. The van der Waals surface area contributed by atoms with Gasteiger partial charge in [-0.15, -0.1) is 0 Å². The fourth-order valence-corrected chi connectivity index (χ4v) is 2.61. The van der Waals surface area contributed by atoms with Crippen molar-refractivity contribution in [3.63, 3.8) is 0 Å². The number of hydrazone groups is 1. The summed E-state index contributed by atoms with van der Waals surface area (Å²) in [5.74, 6) is 0.232. The highest BCUT2D eigenvalue weighted by molar-refractivity contribution is 5.99. The van der Waals surface area contributed by atoms with E-state index in [2.05, 4.69) is 10.5 Å². The number of para-hydroxylation sites is 2. The molecule has 0 heterocycles. The number of anilines is 1. The molecule has 3 rings (SSSR count). The van der Waals surface area contributed by atoms with E-state index in [9.17, 15) is 9.18 Å². The van der Waals surface area contributed by atoms with Gasteiger partial charge in [0, 0.05) is 11.3 Å². The Morgan fingerprint density at radius 3 is 2.59 bits per heavy atom. The molecule has 0 aliphatic heterocycles. The standard InChI is InChI=1S/C22H20FN3O3/c1-28-20-8-4-5-16(21(20)29-14-15-9-11-17(23)12-10-15)13-25-26-22(27)18-6-2-3-7-19(18)24/h2-13H,14,24H2,1H3,(H,26,27)/b25-13+. The lowest BCUT2D eigenvalue weighted by Gasteiger charge is -2.13. The molecule has 0 atom stereocenters. The first-order valence-corrected chi connectivity index (χ1v) is 8.80. The Hall–Kier alpha value is -3.87. The smallest absolute Gasteiger partial charge is 0.273 e. The second-order valence-corrected chi connectivity index (χ2v) is 6.08. The molecule has 0 spiro atoms. The normalized spacial score (nSPS) is 10.7. The van der Waals surface area contributed by atoms with Gasteiger partial charge in [0.15, 0.2) is 11.5 Å². The Morgan fingerprint density at radius 2 is 1.86 bits per heavy atom. The number of methoxy groups -OCH3 is 1. The van der Waals surface area contributed by atoms with Gasteiger partial charge >= 0.3 is 0 Å². The molecule has 3 aromatic carbocycles. The van der Waals surface area contributed by atoms with E-state index in [-0.39, 0.29) is 12.4 Å². The lowest BCUT2D eigenvalue weighted by molar-refractivity contribution is 0.0956. The maximum Gasteiger partial charge on any atom is 0.273 e. The Balaban J connectivity index is 1.74.